The number of anilines is 6. The Morgan fingerprint density at radius 2 is 0.514 bits per heavy atom. The van der Waals surface area contributed by atoms with E-state index in [0.29, 0.717) is 6.08 Å². The summed E-state index contributed by atoms with van der Waals surface area (Å²) in [6, 6.07) is 12.7. The van der Waals surface area contributed by atoms with Crippen LogP contribution >= 0.6 is 69.6 Å². The van der Waals surface area contributed by atoms with Gasteiger partial charge in [0.1, 0.15) is 66.3 Å². The van der Waals surface area contributed by atoms with Crippen molar-refractivity contribution in [1.82, 2.24) is 0 Å². The van der Waals surface area contributed by atoms with Gasteiger partial charge in [-0.05, 0) is 266 Å². The standard InChI is InChI=1S/6C15H17ClFNO4S/c6*1-2-22-15(19)11-5-3-4-6-14(11)23(20,21)18-13-8-7-10(17)9-12(13)16/h6*5,7-9,14,18H,2-4,6H2,1H3/t6*14-/m111111/s1/i4D2,5D,6D2,14D;3D2,4D2,6D2,14D;3D2,4D2,5D,6D2;4D2,6D2,14D;4D2,5D,6D2;3D2,4D2,6D2. The molecule has 0 aromatic heterocycles. The SMILES string of the molecule is [2H]C1([2H])C=C(C(=O)OCC)[C@H](S(=O)(=O)Nc2ccc(F)cc2Cl)C([2H])([2H])C1([2H])[2H].[2H]C1([2H])C=C(C(=O)OCC)[C@]([2H])(S(=O)(=O)Nc2ccc(F)cc2Cl)C([2H])([2H])C1([2H])[2H].[2H]C1([2H])CC=C(C(=O)OCC)[C@]([2H])(S(=O)(=O)Nc2ccc(F)cc2Cl)C1([2H])[2H].[2H]C1=C(C(=O)OCC)[C@H](S(=O)(=O)Nc2ccc(F)cc2Cl)C([2H])([2H])C([2H])([2H])C1.[2H]C1=C(C(=O)OCC)[C@H](S(=O)(=O)Nc2ccc(F)cc2Cl)C([2H])([2H])C([2H])([2H])C1([2H])[2H].[2H]C1=C(C(=O)OCC)[C@]([2H])(S(=O)(=O)Nc2ccc(F)cc2Cl)C([2H])([2H])C([2H])([2H])C1. The first-order valence-electron chi connectivity index (χ1n) is 56.8. The number of benzene rings is 6. The third-order valence-electron chi connectivity index (χ3n) is 16.5. The minimum atomic E-state index is -5.35. The number of sulfonamides is 6. The monoisotopic (exact) mass is 2200 g/mol. The normalized spacial score (nSPS) is 29.3. The van der Waals surface area contributed by atoms with Crippen LogP contribution in [0.4, 0.5) is 60.5 Å². The van der Waals surface area contributed by atoms with Gasteiger partial charge in [-0.15, -0.1) is 0 Å². The number of nitrogens with one attached hydrogen (secondary N) is 6. The van der Waals surface area contributed by atoms with Gasteiger partial charge in [0.15, 0.2) is 0 Å². The predicted molar refractivity (Wildman–Crippen MR) is 518 cm³/mol. The van der Waals surface area contributed by atoms with E-state index in [-0.39, 0.29) is 77.8 Å². The van der Waals surface area contributed by atoms with Gasteiger partial charge in [-0.1, -0.05) is 106 Å². The second-order valence-corrected chi connectivity index (χ2v) is 38.7. The van der Waals surface area contributed by atoms with Crippen molar-refractivity contribution >= 4 is 200 Å². The average molecular weight is 2210 g/mol. The van der Waals surface area contributed by atoms with Gasteiger partial charge in [-0.2, -0.15) is 0 Å². The summed E-state index contributed by atoms with van der Waals surface area (Å²) in [6.45, 7) is 6.99. The van der Waals surface area contributed by atoms with Crippen molar-refractivity contribution in [3.63, 3.8) is 0 Å². The molecule has 6 aliphatic rings. The molecule has 0 spiro atoms. The molecule has 0 saturated carbocycles. The van der Waals surface area contributed by atoms with E-state index in [4.69, 9.17) is 138 Å². The van der Waals surface area contributed by atoms with Gasteiger partial charge in [-0.3, -0.25) is 28.3 Å². The Balaban J connectivity index is 0.000000279. The molecule has 0 saturated heterocycles. The average Bonchev–Trinajstić information content (AvgIpc) is 0.679. The van der Waals surface area contributed by atoms with Crippen molar-refractivity contribution in [2.45, 2.75) is 188 Å². The summed E-state index contributed by atoms with van der Waals surface area (Å²) < 4.78 is 563. The molecular weight excluding hydrogens is 2070 g/mol. The number of carbonyl (C=O) groups excluding carboxylic acids is 6. The van der Waals surface area contributed by atoms with Crippen LogP contribution in [-0.4, -0.2) is 157 Å². The summed E-state index contributed by atoms with van der Waals surface area (Å²) in [4.78, 5) is 73.9. The lowest BCUT2D eigenvalue weighted by molar-refractivity contribution is -0.139. The third kappa shape index (κ3) is 33.8. The second kappa shape index (κ2) is 53.9. The molecule has 48 heteroatoms. The fourth-order valence-corrected chi connectivity index (χ4v) is 19.8. The highest BCUT2D eigenvalue weighted by molar-refractivity contribution is 7.95. The molecule has 0 amide bonds. The molecule has 6 atom stereocenters. The number of ether oxygens (including phenoxy) is 6. The first-order valence-corrected chi connectivity index (χ1v) is 50.1. The molecule has 0 radical (unpaired) electrons. The van der Waals surface area contributed by atoms with Gasteiger partial charge < -0.3 is 28.4 Å². The molecule has 0 heterocycles. The van der Waals surface area contributed by atoms with Crippen LogP contribution in [0, 0.1) is 34.9 Å². The molecule has 0 unspecified atom stereocenters. The van der Waals surface area contributed by atoms with Crippen LogP contribution < -0.4 is 28.3 Å². The Kier molecular flexibility index (Phi) is 28.0. The number of carbonyl (C=O) groups is 6. The summed E-state index contributed by atoms with van der Waals surface area (Å²) in [5, 5.41) is -20.6. The maximum Gasteiger partial charge on any atom is 0.335 e. The van der Waals surface area contributed by atoms with E-state index < -0.39 is 361 Å². The number of esters is 6. The summed E-state index contributed by atoms with van der Waals surface area (Å²) in [7, 11) is -30.6. The van der Waals surface area contributed by atoms with E-state index in [0.717, 1.165) is 115 Å². The van der Waals surface area contributed by atoms with Crippen LogP contribution in [0.2, 0.25) is 30.1 Å². The zero-order valence-electron chi connectivity index (χ0n) is 108. The van der Waals surface area contributed by atoms with Gasteiger partial charge in [0.05, 0.1) is 146 Å². The highest BCUT2D eigenvalue weighted by Gasteiger charge is 2.42. The van der Waals surface area contributed by atoms with Crippen LogP contribution in [0.3, 0.4) is 0 Å². The highest BCUT2D eigenvalue weighted by Crippen LogP contribution is 2.39. The molecule has 0 bridgehead atoms. The van der Waals surface area contributed by atoms with Crippen molar-refractivity contribution in [3.8, 4) is 0 Å². The third-order valence-corrected chi connectivity index (χ3v) is 26.9. The summed E-state index contributed by atoms with van der Waals surface area (Å²) in [6.07, 6.45) is -50.0. The van der Waals surface area contributed by atoms with Crippen molar-refractivity contribution in [1.29, 1.82) is 0 Å². The Labute approximate surface area is 878 Å². The number of hydrogen-bond acceptors (Lipinski definition) is 24. The molecule has 6 N–H and O–H groups in total. The highest BCUT2D eigenvalue weighted by atomic mass is 35.5. The van der Waals surface area contributed by atoms with Gasteiger partial charge in [-0.25, -0.2) is 106 Å². The summed E-state index contributed by atoms with van der Waals surface area (Å²) in [5.74, 6) is -12.9. The van der Waals surface area contributed by atoms with E-state index in [1.165, 1.54) is 41.5 Å². The van der Waals surface area contributed by atoms with Crippen LogP contribution in [-0.2, 0) is 117 Å². The van der Waals surface area contributed by atoms with Gasteiger partial charge in [0.2, 0.25) is 60.1 Å². The van der Waals surface area contributed by atoms with Crippen LogP contribution in [0.25, 0.3) is 0 Å². The minimum absolute atomic E-state index is 0.157. The van der Waals surface area contributed by atoms with E-state index in [1.54, 1.807) is 4.72 Å². The molecule has 0 fully saturated rings. The van der Waals surface area contributed by atoms with E-state index in [9.17, 15) is 106 Å². The van der Waals surface area contributed by atoms with Crippen LogP contribution in [0.5, 0.6) is 0 Å². The van der Waals surface area contributed by atoms with E-state index in [1.807, 2.05) is 23.6 Å². The molecular formula is C90H102Cl6F6N6O24S6. The first-order chi connectivity index (χ1) is 78.6. The lowest BCUT2D eigenvalue weighted by Gasteiger charge is -2.24. The minimum Gasteiger partial charge on any atom is -0.463 e. The van der Waals surface area contributed by atoms with Crippen molar-refractivity contribution in [2.75, 3.05) is 68.0 Å². The van der Waals surface area contributed by atoms with E-state index >= 15 is 0 Å². The molecule has 30 nitrogen and oxygen atoms in total. The Morgan fingerprint density at radius 1 is 0.297 bits per heavy atom. The number of rotatable bonds is 30. The summed E-state index contributed by atoms with van der Waals surface area (Å²) in [5.41, 5.74) is -8.40. The molecule has 0 aliphatic heterocycles. The molecule has 138 heavy (non-hydrogen) atoms. The summed E-state index contributed by atoms with van der Waals surface area (Å²) >= 11 is 34.7. The molecule has 6 aromatic carbocycles. The van der Waals surface area contributed by atoms with Gasteiger partial charge in [0, 0.05) is 41.1 Å². The molecule has 6 aliphatic carbocycles. The fraction of sp³-hybridized carbons (Fsp3) is 0.400. The smallest absolute Gasteiger partial charge is 0.335 e. The lowest BCUT2D eigenvalue weighted by Crippen LogP contribution is -2.34. The predicted octanol–water partition coefficient (Wildman–Crippen LogP) is 19.6. The zero-order chi connectivity index (χ0) is 134. The Bertz CT molecular complexity index is 8290. The second-order valence-electron chi connectivity index (χ2n) is 26.1. The molecule has 12 rings (SSSR count). The molecule has 756 valence electrons. The molecule has 6 aromatic rings. The van der Waals surface area contributed by atoms with Gasteiger partial charge in [0.25, 0.3) is 0 Å². The number of hydrogen-bond donors (Lipinski definition) is 6. The Morgan fingerprint density at radius 3 is 0.833 bits per heavy atom. The van der Waals surface area contributed by atoms with Crippen molar-refractivity contribution < 1.29 is 183 Å². The largest absolute Gasteiger partial charge is 0.463 e. The Hall–Kier alpha value is -9.60. The van der Waals surface area contributed by atoms with Crippen molar-refractivity contribution in [3.05, 3.63) is 244 Å². The van der Waals surface area contributed by atoms with Crippen LogP contribution in [0.15, 0.2) is 179 Å². The number of halogens is 12. The van der Waals surface area contributed by atoms with Crippen LogP contribution in [0.1, 0.15) is 206 Å². The maximum atomic E-state index is 13.3. The quantitative estimate of drug-likeness (QED) is 0.0139. The van der Waals surface area contributed by atoms with Gasteiger partial charge >= 0.3 is 35.8 Å². The number of allylic oxidation sites excluding steroid dienone is 6. The fourth-order valence-electron chi connectivity index (χ4n) is 10.6. The first kappa shape index (κ1) is 71.8. The maximum absolute atomic E-state index is 13.3. The van der Waals surface area contributed by atoms with Crippen molar-refractivity contribution in [2.24, 2.45) is 0 Å². The topological polar surface area (TPSA) is 435 Å². The lowest BCUT2D eigenvalue weighted by atomic mass is 9.99. The zero-order valence-corrected chi connectivity index (χ0v) is 80.9. The van der Waals surface area contributed by atoms with E-state index in [2.05, 4.69) is 9.47 Å².